The zero-order valence-corrected chi connectivity index (χ0v) is 14.1. The van der Waals surface area contributed by atoms with Crippen molar-refractivity contribution in [2.45, 2.75) is 39.2 Å². The van der Waals surface area contributed by atoms with Gasteiger partial charge in [-0.25, -0.2) is 4.79 Å². The van der Waals surface area contributed by atoms with Crippen LogP contribution in [0.3, 0.4) is 0 Å². The van der Waals surface area contributed by atoms with E-state index in [9.17, 15) is 14.4 Å². The van der Waals surface area contributed by atoms with E-state index in [4.69, 9.17) is 15.2 Å². The summed E-state index contributed by atoms with van der Waals surface area (Å²) in [5, 5.41) is 2.49. The molecule has 0 fully saturated rings. The standard InChI is InChI=1S/C17H24N2O5/c1-12(20)13-7-8-15(23-2)14(10-13)11-24-16(21)6-4-3-5-9-19-17(18)22/h7-8,10H,3-6,9,11H2,1-2H3,(H3,18,19,22). The number of nitrogens with one attached hydrogen (secondary N) is 1. The molecule has 1 rings (SSSR count). The second-order valence-corrected chi connectivity index (χ2v) is 5.35. The number of amides is 2. The molecule has 7 nitrogen and oxygen atoms in total. The molecule has 2 amide bonds. The quantitative estimate of drug-likeness (QED) is 0.387. The lowest BCUT2D eigenvalue weighted by molar-refractivity contribution is -0.145. The third-order valence-corrected chi connectivity index (χ3v) is 3.43. The number of urea groups is 1. The molecule has 0 heterocycles. The molecule has 3 N–H and O–H groups in total. The lowest BCUT2D eigenvalue weighted by Gasteiger charge is -2.10. The molecular weight excluding hydrogens is 312 g/mol. The number of methoxy groups -OCH3 is 1. The summed E-state index contributed by atoms with van der Waals surface area (Å²) in [5.41, 5.74) is 6.15. The minimum Gasteiger partial charge on any atom is -0.496 e. The fourth-order valence-corrected chi connectivity index (χ4v) is 2.12. The molecule has 0 saturated carbocycles. The first-order chi connectivity index (χ1) is 11.4. The molecule has 0 unspecified atom stereocenters. The summed E-state index contributed by atoms with van der Waals surface area (Å²) in [5.74, 6) is 0.202. The van der Waals surface area contributed by atoms with Gasteiger partial charge in [0.15, 0.2) is 5.78 Å². The van der Waals surface area contributed by atoms with Crippen molar-refractivity contribution < 1.29 is 23.9 Å². The predicted octanol–water partition coefficient (Wildman–Crippen LogP) is 2.17. The first-order valence-corrected chi connectivity index (χ1v) is 7.80. The minimum atomic E-state index is -0.545. The number of unbranched alkanes of at least 4 members (excludes halogenated alkanes) is 2. The van der Waals surface area contributed by atoms with Crippen molar-refractivity contribution in [3.63, 3.8) is 0 Å². The maximum Gasteiger partial charge on any atom is 0.312 e. The molecule has 0 aromatic heterocycles. The number of rotatable bonds is 10. The number of primary amides is 1. The van der Waals surface area contributed by atoms with Gasteiger partial charge in [0.1, 0.15) is 12.4 Å². The number of ketones is 1. The van der Waals surface area contributed by atoms with Crippen LogP contribution in [0.1, 0.15) is 48.5 Å². The summed E-state index contributed by atoms with van der Waals surface area (Å²) in [4.78, 5) is 33.7. The number of esters is 1. The van der Waals surface area contributed by atoms with E-state index >= 15 is 0 Å². The van der Waals surface area contributed by atoms with Crippen molar-refractivity contribution in [1.29, 1.82) is 0 Å². The normalized spacial score (nSPS) is 10.1. The average Bonchev–Trinajstić information content (AvgIpc) is 2.55. The number of hydrogen-bond donors (Lipinski definition) is 2. The first kappa shape index (κ1) is 19.5. The Bertz CT molecular complexity index is 586. The summed E-state index contributed by atoms with van der Waals surface area (Å²) in [6.07, 6.45) is 2.51. The van der Waals surface area contributed by atoms with Crippen LogP contribution in [-0.4, -0.2) is 31.4 Å². The zero-order chi connectivity index (χ0) is 17.9. The number of ether oxygens (including phenoxy) is 2. The van der Waals surface area contributed by atoms with Gasteiger partial charge < -0.3 is 20.5 Å². The van der Waals surface area contributed by atoms with Crippen LogP contribution in [0.25, 0.3) is 0 Å². The molecule has 0 spiro atoms. The van der Waals surface area contributed by atoms with Crippen LogP contribution in [0.5, 0.6) is 5.75 Å². The Morgan fingerprint density at radius 1 is 1.17 bits per heavy atom. The number of Topliss-reactive ketones (excluding diaryl/α,β-unsaturated/α-hetero) is 1. The van der Waals surface area contributed by atoms with Crippen molar-refractivity contribution in [2.24, 2.45) is 5.73 Å². The van der Waals surface area contributed by atoms with Gasteiger partial charge in [-0.1, -0.05) is 6.42 Å². The van der Waals surface area contributed by atoms with E-state index in [1.807, 2.05) is 0 Å². The molecule has 0 atom stereocenters. The number of hydrogen-bond acceptors (Lipinski definition) is 5. The second kappa shape index (κ2) is 10.3. The van der Waals surface area contributed by atoms with Crippen molar-refractivity contribution in [3.8, 4) is 5.75 Å². The van der Waals surface area contributed by atoms with Crippen molar-refractivity contribution >= 4 is 17.8 Å². The maximum atomic E-state index is 11.8. The largest absolute Gasteiger partial charge is 0.496 e. The van der Waals surface area contributed by atoms with Gasteiger partial charge in [-0.3, -0.25) is 9.59 Å². The fourth-order valence-electron chi connectivity index (χ4n) is 2.12. The molecule has 0 saturated heterocycles. The van der Waals surface area contributed by atoms with Crippen molar-refractivity contribution in [1.82, 2.24) is 5.32 Å². The van der Waals surface area contributed by atoms with Crippen LogP contribution >= 0.6 is 0 Å². The van der Waals surface area contributed by atoms with E-state index in [-0.39, 0.29) is 18.4 Å². The van der Waals surface area contributed by atoms with E-state index in [1.165, 1.54) is 14.0 Å². The number of benzene rings is 1. The molecule has 0 aliphatic heterocycles. The van der Waals surface area contributed by atoms with E-state index in [0.717, 1.165) is 12.8 Å². The third-order valence-electron chi connectivity index (χ3n) is 3.43. The van der Waals surface area contributed by atoms with Crippen molar-refractivity contribution in [2.75, 3.05) is 13.7 Å². The van der Waals surface area contributed by atoms with Crippen LogP contribution in [0, 0.1) is 0 Å². The van der Waals surface area contributed by atoms with Crippen LogP contribution in [-0.2, 0) is 16.1 Å². The molecular formula is C17H24N2O5. The molecule has 1 aromatic carbocycles. The number of carbonyl (C=O) groups is 3. The van der Waals surface area contributed by atoms with Crippen LogP contribution in [0.15, 0.2) is 18.2 Å². The van der Waals surface area contributed by atoms with Gasteiger partial charge in [-0.05, 0) is 38.0 Å². The SMILES string of the molecule is COc1ccc(C(C)=O)cc1COC(=O)CCCCCNC(N)=O. The Morgan fingerprint density at radius 3 is 2.54 bits per heavy atom. The highest BCUT2D eigenvalue weighted by molar-refractivity contribution is 5.94. The predicted molar refractivity (Wildman–Crippen MR) is 88.8 cm³/mol. The minimum absolute atomic E-state index is 0.0604. The summed E-state index contributed by atoms with van der Waals surface area (Å²) < 4.78 is 10.4. The number of carbonyl (C=O) groups excluding carboxylic acids is 3. The molecule has 0 bridgehead atoms. The molecule has 7 heteroatoms. The molecule has 1 aromatic rings. The molecule has 0 radical (unpaired) electrons. The Kier molecular flexibility index (Phi) is 8.32. The molecule has 0 aliphatic rings. The van der Waals surface area contributed by atoms with Crippen LogP contribution < -0.4 is 15.8 Å². The van der Waals surface area contributed by atoms with Crippen LogP contribution in [0.2, 0.25) is 0 Å². The van der Waals surface area contributed by atoms with Gasteiger partial charge in [0.2, 0.25) is 0 Å². The van der Waals surface area contributed by atoms with Gasteiger partial charge >= 0.3 is 12.0 Å². The van der Waals surface area contributed by atoms with E-state index in [1.54, 1.807) is 18.2 Å². The molecule has 132 valence electrons. The Balaban J connectivity index is 2.37. The molecule has 24 heavy (non-hydrogen) atoms. The highest BCUT2D eigenvalue weighted by Gasteiger charge is 2.10. The Labute approximate surface area is 141 Å². The van der Waals surface area contributed by atoms with Gasteiger partial charge in [0.25, 0.3) is 0 Å². The van der Waals surface area contributed by atoms with E-state index < -0.39 is 6.03 Å². The lowest BCUT2D eigenvalue weighted by atomic mass is 10.1. The third kappa shape index (κ3) is 7.13. The van der Waals surface area contributed by atoms with E-state index in [0.29, 0.717) is 36.3 Å². The first-order valence-electron chi connectivity index (χ1n) is 7.80. The lowest BCUT2D eigenvalue weighted by Crippen LogP contribution is -2.29. The smallest absolute Gasteiger partial charge is 0.312 e. The Hall–Kier alpha value is -2.57. The highest BCUT2D eigenvalue weighted by atomic mass is 16.5. The van der Waals surface area contributed by atoms with Gasteiger partial charge in [-0.15, -0.1) is 0 Å². The molecule has 0 aliphatic carbocycles. The van der Waals surface area contributed by atoms with Gasteiger partial charge in [0, 0.05) is 24.1 Å². The maximum absolute atomic E-state index is 11.8. The zero-order valence-electron chi connectivity index (χ0n) is 14.1. The van der Waals surface area contributed by atoms with Crippen LogP contribution in [0.4, 0.5) is 4.79 Å². The fraction of sp³-hybridized carbons (Fsp3) is 0.471. The summed E-state index contributed by atoms with van der Waals surface area (Å²) in [7, 11) is 1.52. The summed E-state index contributed by atoms with van der Waals surface area (Å²) in [6.45, 7) is 2.04. The van der Waals surface area contributed by atoms with Gasteiger partial charge in [0.05, 0.1) is 7.11 Å². The monoisotopic (exact) mass is 336 g/mol. The van der Waals surface area contributed by atoms with Gasteiger partial charge in [-0.2, -0.15) is 0 Å². The number of nitrogens with two attached hydrogens (primary N) is 1. The van der Waals surface area contributed by atoms with E-state index in [2.05, 4.69) is 5.32 Å². The average molecular weight is 336 g/mol. The summed E-state index contributed by atoms with van der Waals surface area (Å²) >= 11 is 0. The topological polar surface area (TPSA) is 108 Å². The second-order valence-electron chi connectivity index (χ2n) is 5.35. The Morgan fingerprint density at radius 2 is 1.92 bits per heavy atom. The highest BCUT2D eigenvalue weighted by Crippen LogP contribution is 2.21. The van der Waals surface area contributed by atoms with Crippen molar-refractivity contribution in [3.05, 3.63) is 29.3 Å². The summed E-state index contributed by atoms with van der Waals surface area (Å²) in [6, 6.07) is 4.48.